The second-order valence-electron chi connectivity index (χ2n) is 7.53. The summed E-state index contributed by atoms with van der Waals surface area (Å²) in [7, 11) is 0. The fourth-order valence-electron chi connectivity index (χ4n) is 4.27. The predicted octanol–water partition coefficient (Wildman–Crippen LogP) is 3.83. The van der Waals surface area contributed by atoms with E-state index in [-0.39, 0.29) is 17.7 Å². The van der Waals surface area contributed by atoms with Crippen LogP contribution in [-0.2, 0) is 4.79 Å². The first kappa shape index (κ1) is 17.8. The molecule has 0 radical (unpaired) electrons. The van der Waals surface area contributed by atoms with Gasteiger partial charge in [-0.2, -0.15) is 0 Å². The van der Waals surface area contributed by atoms with E-state index in [0.29, 0.717) is 6.54 Å². The number of hydrogen-bond donors (Lipinski definition) is 0. The topological polar surface area (TPSA) is 40.6 Å². The number of benzene rings is 2. The van der Waals surface area contributed by atoms with Gasteiger partial charge in [-0.3, -0.25) is 9.59 Å². The minimum Gasteiger partial charge on any atom is -0.342 e. The number of likely N-dealkylation sites (tertiary alicyclic amines) is 2. The van der Waals surface area contributed by atoms with Crippen LogP contribution in [0.5, 0.6) is 0 Å². The molecule has 140 valence electrons. The van der Waals surface area contributed by atoms with Gasteiger partial charge >= 0.3 is 0 Å². The van der Waals surface area contributed by atoms with Crippen molar-refractivity contribution in [3.63, 3.8) is 0 Å². The van der Waals surface area contributed by atoms with Crippen LogP contribution >= 0.6 is 0 Å². The predicted molar refractivity (Wildman–Crippen MR) is 106 cm³/mol. The van der Waals surface area contributed by atoms with Crippen LogP contribution in [0.25, 0.3) is 11.1 Å². The van der Waals surface area contributed by atoms with Crippen LogP contribution in [0.4, 0.5) is 0 Å². The lowest BCUT2D eigenvalue weighted by atomic mass is 9.94. The van der Waals surface area contributed by atoms with Crippen LogP contribution < -0.4 is 0 Å². The molecule has 0 bridgehead atoms. The molecule has 0 unspecified atom stereocenters. The first-order chi connectivity index (χ1) is 13.2. The standard InChI is InChI=1S/C23H26N2O2/c26-22(24-14-6-7-15-24)19-11-8-16-25(17-19)23(27)21-13-5-4-12-20(21)18-9-2-1-3-10-18/h1-5,9-10,12-13,19H,6-8,11,14-17H2/t19-/m0/s1. The lowest BCUT2D eigenvalue weighted by Crippen LogP contribution is -2.46. The van der Waals surface area contributed by atoms with Crippen molar-refractivity contribution in [2.75, 3.05) is 26.2 Å². The fourth-order valence-corrected chi connectivity index (χ4v) is 4.27. The highest BCUT2D eigenvalue weighted by atomic mass is 16.2. The Morgan fingerprint density at radius 1 is 0.778 bits per heavy atom. The normalized spacial score (nSPS) is 19.9. The van der Waals surface area contributed by atoms with Crippen LogP contribution in [0.1, 0.15) is 36.0 Å². The summed E-state index contributed by atoms with van der Waals surface area (Å²) in [4.78, 5) is 29.9. The van der Waals surface area contributed by atoms with E-state index in [2.05, 4.69) is 0 Å². The molecule has 2 aliphatic rings. The zero-order valence-corrected chi connectivity index (χ0v) is 15.6. The van der Waals surface area contributed by atoms with E-state index >= 15 is 0 Å². The number of amides is 2. The summed E-state index contributed by atoms with van der Waals surface area (Å²) in [6, 6.07) is 17.8. The lowest BCUT2D eigenvalue weighted by Gasteiger charge is -2.34. The number of nitrogens with zero attached hydrogens (tertiary/aromatic N) is 2. The first-order valence-corrected chi connectivity index (χ1v) is 9.96. The first-order valence-electron chi connectivity index (χ1n) is 9.96. The van der Waals surface area contributed by atoms with Crippen molar-refractivity contribution in [3.05, 3.63) is 60.2 Å². The monoisotopic (exact) mass is 362 g/mol. The summed E-state index contributed by atoms with van der Waals surface area (Å²) < 4.78 is 0. The highest BCUT2D eigenvalue weighted by Crippen LogP contribution is 2.27. The Bertz CT molecular complexity index is 812. The smallest absolute Gasteiger partial charge is 0.254 e. The third-order valence-corrected chi connectivity index (χ3v) is 5.72. The average molecular weight is 362 g/mol. The van der Waals surface area contributed by atoms with Gasteiger partial charge in [0.1, 0.15) is 0 Å². The molecule has 2 saturated heterocycles. The largest absolute Gasteiger partial charge is 0.342 e. The van der Waals surface area contributed by atoms with Gasteiger partial charge in [-0.05, 0) is 42.9 Å². The summed E-state index contributed by atoms with van der Waals surface area (Å²) in [5, 5.41) is 0. The van der Waals surface area contributed by atoms with E-state index in [9.17, 15) is 9.59 Å². The van der Waals surface area contributed by atoms with Crippen LogP contribution in [0.15, 0.2) is 54.6 Å². The van der Waals surface area contributed by atoms with E-state index < -0.39 is 0 Å². The van der Waals surface area contributed by atoms with E-state index in [4.69, 9.17) is 0 Å². The van der Waals surface area contributed by atoms with Gasteiger partial charge in [0.25, 0.3) is 5.91 Å². The van der Waals surface area contributed by atoms with Crippen molar-refractivity contribution in [1.82, 2.24) is 9.80 Å². The molecule has 2 heterocycles. The van der Waals surface area contributed by atoms with Gasteiger partial charge in [-0.25, -0.2) is 0 Å². The van der Waals surface area contributed by atoms with E-state index in [0.717, 1.165) is 62.0 Å². The SMILES string of the molecule is O=C(c1ccccc1-c1ccccc1)N1CCC[C@H](C(=O)N2CCCC2)C1. The highest BCUT2D eigenvalue weighted by Gasteiger charge is 2.32. The summed E-state index contributed by atoms with van der Waals surface area (Å²) in [6.45, 7) is 3.02. The number of carbonyl (C=O) groups excluding carboxylic acids is 2. The van der Waals surface area contributed by atoms with Crippen molar-refractivity contribution >= 4 is 11.8 Å². The Balaban J connectivity index is 1.54. The third kappa shape index (κ3) is 3.75. The fraction of sp³-hybridized carbons (Fsp3) is 0.391. The second kappa shape index (κ2) is 7.95. The Labute approximate surface area is 160 Å². The van der Waals surface area contributed by atoms with Gasteiger partial charge in [0.05, 0.1) is 5.92 Å². The van der Waals surface area contributed by atoms with Crippen molar-refractivity contribution in [1.29, 1.82) is 0 Å². The molecule has 0 aliphatic carbocycles. The molecule has 4 nitrogen and oxygen atoms in total. The van der Waals surface area contributed by atoms with Gasteiger partial charge in [0, 0.05) is 31.7 Å². The molecular formula is C23H26N2O2. The van der Waals surface area contributed by atoms with Crippen molar-refractivity contribution in [2.24, 2.45) is 5.92 Å². The summed E-state index contributed by atoms with van der Waals surface area (Å²) in [5.41, 5.74) is 2.72. The molecule has 4 heteroatoms. The van der Waals surface area contributed by atoms with Gasteiger partial charge in [-0.15, -0.1) is 0 Å². The Hall–Kier alpha value is -2.62. The number of carbonyl (C=O) groups is 2. The molecule has 2 aliphatic heterocycles. The maximum atomic E-state index is 13.3. The molecular weight excluding hydrogens is 336 g/mol. The van der Waals surface area contributed by atoms with Crippen molar-refractivity contribution in [2.45, 2.75) is 25.7 Å². The average Bonchev–Trinajstić information content (AvgIpc) is 3.28. The molecule has 27 heavy (non-hydrogen) atoms. The minimum absolute atomic E-state index is 0.0355. The van der Waals surface area contributed by atoms with Gasteiger partial charge in [0.15, 0.2) is 0 Å². The van der Waals surface area contributed by atoms with Crippen LogP contribution in [-0.4, -0.2) is 47.8 Å². The molecule has 0 aromatic heterocycles. The number of piperidine rings is 1. The molecule has 2 fully saturated rings. The van der Waals surface area contributed by atoms with Crippen molar-refractivity contribution < 1.29 is 9.59 Å². The summed E-state index contributed by atoms with van der Waals surface area (Å²) in [6.07, 6.45) is 3.99. The molecule has 1 atom stereocenters. The maximum Gasteiger partial charge on any atom is 0.254 e. The van der Waals surface area contributed by atoms with Crippen LogP contribution in [0.2, 0.25) is 0 Å². The van der Waals surface area contributed by atoms with Gasteiger partial charge < -0.3 is 9.80 Å². The summed E-state index contributed by atoms with van der Waals surface area (Å²) >= 11 is 0. The second-order valence-corrected chi connectivity index (χ2v) is 7.53. The van der Waals surface area contributed by atoms with E-state index in [1.807, 2.05) is 64.4 Å². The lowest BCUT2D eigenvalue weighted by molar-refractivity contribution is -0.135. The summed E-state index contributed by atoms with van der Waals surface area (Å²) in [5.74, 6) is 0.222. The Morgan fingerprint density at radius 3 is 2.22 bits per heavy atom. The molecule has 4 rings (SSSR count). The van der Waals surface area contributed by atoms with Gasteiger partial charge in [-0.1, -0.05) is 48.5 Å². The van der Waals surface area contributed by atoms with E-state index in [1.54, 1.807) is 0 Å². The number of hydrogen-bond acceptors (Lipinski definition) is 2. The van der Waals surface area contributed by atoms with Gasteiger partial charge in [0.2, 0.25) is 5.91 Å². The zero-order chi connectivity index (χ0) is 18.6. The van der Waals surface area contributed by atoms with E-state index in [1.165, 1.54) is 0 Å². The molecule has 0 N–H and O–H groups in total. The third-order valence-electron chi connectivity index (χ3n) is 5.72. The molecule has 2 amide bonds. The maximum absolute atomic E-state index is 13.3. The molecule has 2 aromatic carbocycles. The Morgan fingerprint density at radius 2 is 1.44 bits per heavy atom. The minimum atomic E-state index is -0.0512. The molecule has 0 saturated carbocycles. The quantitative estimate of drug-likeness (QED) is 0.833. The van der Waals surface area contributed by atoms with Crippen molar-refractivity contribution in [3.8, 4) is 11.1 Å². The number of rotatable bonds is 3. The molecule has 0 spiro atoms. The highest BCUT2D eigenvalue weighted by molar-refractivity contribution is 6.01. The van der Waals surface area contributed by atoms with Crippen LogP contribution in [0.3, 0.4) is 0 Å². The van der Waals surface area contributed by atoms with Crippen LogP contribution in [0, 0.1) is 5.92 Å². The zero-order valence-electron chi connectivity index (χ0n) is 15.6. The molecule has 2 aromatic rings. The Kier molecular flexibility index (Phi) is 5.23.